The lowest BCUT2D eigenvalue weighted by molar-refractivity contribution is 0.340. The van der Waals surface area contributed by atoms with E-state index in [2.05, 4.69) is 0 Å². The third-order valence-electron chi connectivity index (χ3n) is 2.33. The first kappa shape index (κ1) is 12.6. The second-order valence-corrected chi connectivity index (χ2v) is 4.13. The molecule has 94 valence electrons. The SMILES string of the molecule is CCOc1cc(Oc2ccc(Cl)cc2)ccc1N. The molecule has 4 heteroatoms. The molecule has 0 atom stereocenters. The van der Waals surface area contributed by atoms with Crippen molar-refractivity contribution >= 4 is 17.3 Å². The quantitative estimate of drug-likeness (QED) is 0.844. The Morgan fingerprint density at radius 2 is 1.72 bits per heavy atom. The van der Waals surface area contributed by atoms with Crippen molar-refractivity contribution < 1.29 is 9.47 Å². The lowest BCUT2D eigenvalue weighted by Gasteiger charge is -2.10. The molecule has 0 amide bonds. The van der Waals surface area contributed by atoms with E-state index in [9.17, 15) is 0 Å². The molecule has 18 heavy (non-hydrogen) atoms. The zero-order valence-electron chi connectivity index (χ0n) is 10.0. The molecule has 2 rings (SSSR count). The van der Waals surface area contributed by atoms with Crippen molar-refractivity contribution in [3.63, 3.8) is 0 Å². The average Bonchev–Trinajstić information content (AvgIpc) is 2.37. The van der Waals surface area contributed by atoms with Gasteiger partial charge in [0.15, 0.2) is 0 Å². The van der Waals surface area contributed by atoms with Crippen molar-refractivity contribution in [3.8, 4) is 17.2 Å². The van der Waals surface area contributed by atoms with E-state index in [0.29, 0.717) is 34.6 Å². The van der Waals surface area contributed by atoms with Gasteiger partial charge in [0, 0.05) is 11.1 Å². The Morgan fingerprint density at radius 3 is 2.39 bits per heavy atom. The van der Waals surface area contributed by atoms with Crippen LogP contribution in [-0.4, -0.2) is 6.61 Å². The second-order valence-electron chi connectivity index (χ2n) is 3.69. The molecule has 0 bridgehead atoms. The highest BCUT2D eigenvalue weighted by Crippen LogP contribution is 2.30. The van der Waals surface area contributed by atoms with E-state index in [0.717, 1.165) is 0 Å². The van der Waals surface area contributed by atoms with Crippen LogP contribution in [0.1, 0.15) is 6.92 Å². The molecule has 2 aromatic rings. The van der Waals surface area contributed by atoms with Crippen molar-refractivity contribution in [2.75, 3.05) is 12.3 Å². The topological polar surface area (TPSA) is 44.5 Å². The first-order valence-corrected chi connectivity index (χ1v) is 6.02. The van der Waals surface area contributed by atoms with Gasteiger partial charge in [-0.3, -0.25) is 0 Å². The van der Waals surface area contributed by atoms with E-state index >= 15 is 0 Å². The van der Waals surface area contributed by atoms with Gasteiger partial charge in [-0.1, -0.05) is 11.6 Å². The number of anilines is 1. The summed E-state index contributed by atoms with van der Waals surface area (Å²) in [5, 5.41) is 0.676. The van der Waals surface area contributed by atoms with Crippen LogP contribution in [0.15, 0.2) is 42.5 Å². The van der Waals surface area contributed by atoms with Gasteiger partial charge in [-0.25, -0.2) is 0 Å². The van der Waals surface area contributed by atoms with Crippen LogP contribution >= 0.6 is 11.6 Å². The number of nitrogen functional groups attached to an aromatic ring is 1. The molecular formula is C14H14ClNO2. The highest BCUT2D eigenvalue weighted by atomic mass is 35.5. The summed E-state index contributed by atoms with van der Waals surface area (Å²) in [5.74, 6) is 2.02. The molecule has 0 radical (unpaired) electrons. The van der Waals surface area contributed by atoms with E-state index in [4.69, 9.17) is 26.8 Å². The largest absolute Gasteiger partial charge is 0.492 e. The highest BCUT2D eigenvalue weighted by molar-refractivity contribution is 6.30. The molecule has 0 fully saturated rings. The van der Waals surface area contributed by atoms with Crippen LogP contribution in [0.25, 0.3) is 0 Å². The van der Waals surface area contributed by atoms with Crippen LogP contribution < -0.4 is 15.2 Å². The fraction of sp³-hybridized carbons (Fsp3) is 0.143. The first-order valence-electron chi connectivity index (χ1n) is 5.65. The van der Waals surface area contributed by atoms with Crippen LogP contribution in [0, 0.1) is 0 Å². The van der Waals surface area contributed by atoms with Gasteiger partial charge in [-0.15, -0.1) is 0 Å². The number of halogens is 1. The van der Waals surface area contributed by atoms with Crippen LogP contribution in [0.3, 0.4) is 0 Å². The zero-order chi connectivity index (χ0) is 13.0. The van der Waals surface area contributed by atoms with Gasteiger partial charge in [0.05, 0.1) is 12.3 Å². The standard InChI is InChI=1S/C14H14ClNO2/c1-2-17-14-9-12(7-8-13(14)16)18-11-5-3-10(15)4-6-11/h3-9H,2,16H2,1H3. The van der Waals surface area contributed by atoms with Gasteiger partial charge in [0.25, 0.3) is 0 Å². The van der Waals surface area contributed by atoms with Crippen molar-refractivity contribution in [1.29, 1.82) is 0 Å². The maximum atomic E-state index is 5.81. The smallest absolute Gasteiger partial charge is 0.145 e. The Labute approximate surface area is 111 Å². The minimum absolute atomic E-state index is 0.564. The summed E-state index contributed by atoms with van der Waals surface area (Å²) in [7, 11) is 0. The lowest BCUT2D eigenvalue weighted by atomic mass is 10.3. The molecule has 2 aromatic carbocycles. The van der Waals surface area contributed by atoms with Gasteiger partial charge < -0.3 is 15.2 Å². The molecule has 0 saturated heterocycles. The summed E-state index contributed by atoms with van der Waals surface area (Å²) in [4.78, 5) is 0. The van der Waals surface area contributed by atoms with Crippen LogP contribution in [0.5, 0.6) is 17.2 Å². The number of ether oxygens (including phenoxy) is 2. The van der Waals surface area contributed by atoms with E-state index in [1.165, 1.54) is 0 Å². The fourth-order valence-electron chi connectivity index (χ4n) is 1.50. The van der Waals surface area contributed by atoms with Crippen LogP contribution in [0.4, 0.5) is 5.69 Å². The Hall–Kier alpha value is -1.87. The van der Waals surface area contributed by atoms with Gasteiger partial charge in [-0.05, 0) is 43.3 Å². The highest BCUT2D eigenvalue weighted by Gasteiger charge is 2.03. The molecule has 0 aliphatic carbocycles. The number of hydrogen-bond donors (Lipinski definition) is 1. The molecule has 0 saturated carbocycles. The van der Waals surface area contributed by atoms with Gasteiger partial charge in [0.1, 0.15) is 17.2 Å². The molecule has 0 aliphatic heterocycles. The summed E-state index contributed by atoms with van der Waals surface area (Å²) in [6, 6.07) is 12.5. The Morgan fingerprint density at radius 1 is 1.06 bits per heavy atom. The molecular weight excluding hydrogens is 250 g/mol. The molecule has 0 unspecified atom stereocenters. The van der Waals surface area contributed by atoms with Gasteiger partial charge in [-0.2, -0.15) is 0 Å². The van der Waals surface area contributed by atoms with Gasteiger partial charge >= 0.3 is 0 Å². The molecule has 0 spiro atoms. The number of benzene rings is 2. The minimum Gasteiger partial charge on any atom is -0.492 e. The zero-order valence-corrected chi connectivity index (χ0v) is 10.8. The third kappa shape index (κ3) is 3.08. The summed E-state index contributed by atoms with van der Waals surface area (Å²) in [5.41, 5.74) is 6.39. The number of rotatable bonds is 4. The van der Waals surface area contributed by atoms with Crippen LogP contribution in [-0.2, 0) is 0 Å². The predicted octanol–water partition coefficient (Wildman–Crippen LogP) is 4.11. The molecule has 0 aliphatic rings. The minimum atomic E-state index is 0.564. The normalized spacial score (nSPS) is 10.1. The Balaban J connectivity index is 2.18. The van der Waals surface area contributed by atoms with Crippen molar-refractivity contribution in [2.45, 2.75) is 6.92 Å². The maximum absolute atomic E-state index is 5.81. The summed E-state index contributed by atoms with van der Waals surface area (Å²) >= 11 is 5.81. The second kappa shape index (κ2) is 5.65. The number of nitrogens with two attached hydrogens (primary N) is 1. The van der Waals surface area contributed by atoms with Gasteiger partial charge in [0.2, 0.25) is 0 Å². The van der Waals surface area contributed by atoms with Crippen molar-refractivity contribution in [2.24, 2.45) is 0 Å². The third-order valence-corrected chi connectivity index (χ3v) is 2.59. The molecule has 2 N–H and O–H groups in total. The molecule has 0 heterocycles. The Bertz CT molecular complexity index is 526. The van der Waals surface area contributed by atoms with E-state index in [1.807, 2.05) is 6.92 Å². The predicted molar refractivity (Wildman–Crippen MR) is 73.5 cm³/mol. The molecule has 0 aromatic heterocycles. The fourth-order valence-corrected chi connectivity index (χ4v) is 1.62. The lowest BCUT2D eigenvalue weighted by Crippen LogP contribution is -1.97. The van der Waals surface area contributed by atoms with Crippen molar-refractivity contribution in [1.82, 2.24) is 0 Å². The molecule has 3 nitrogen and oxygen atoms in total. The van der Waals surface area contributed by atoms with Crippen LogP contribution in [0.2, 0.25) is 5.02 Å². The van der Waals surface area contributed by atoms with E-state index in [1.54, 1.807) is 42.5 Å². The maximum Gasteiger partial charge on any atom is 0.145 e. The monoisotopic (exact) mass is 263 g/mol. The summed E-state index contributed by atoms with van der Waals surface area (Å²) < 4.78 is 11.1. The van der Waals surface area contributed by atoms with Crippen molar-refractivity contribution in [3.05, 3.63) is 47.5 Å². The summed E-state index contributed by atoms with van der Waals surface area (Å²) in [6.07, 6.45) is 0. The summed E-state index contributed by atoms with van der Waals surface area (Å²) in [6.45, 7) is 2.47. The average molecular weight is 264 g/mol. The first-order chi connectivity index (χ1) is 8.69. The van der Waals surface area contributed by atoms with E-state index in [-0.39, 0.29) is 0 Å². The van der Waals surface area contributed by atoms with E-state index < -0.39 is 0 Å². The Kier molecular flexibility index (Phi) is 3.95. The number of hydrogen-bond acceptors (Lipinski definition) is 3.